The number of nitrogens with zero attached hydrogens (tertiary/aromatic N) is 1. The summed E-state index contributed by atoms with van der Waals surface area (Å²) in [6, 6.07) is 23.7. The van der Waals surface area contributed by atoms with Crippen LogP contribution in [0, 0.1) is 6.92 Å². The molecule has 4 rings (SSSR count). The van der Waals surface area contributed by atoms with Gasteiger partial charge in [0, 0.05) is 23.0 Å². The number of hydrogen-bond acceptors (Lipinski definition) is 1. The van der Waals surface area contributed by atoms with Gasteiger partial charge in [-0.2, -0.15) is 0 Å². The summed E-state index contributed by atoms with van der Waals surface area (Å²) in [6.07, 6.45) is 0. The SMILES string of the molecule is Cc1cc(-n2c3ccccc3c3ccccc32)ccc1CN. The summed E-state index contributed by atoms with van der Waals surface area (Å²) >= 11 is 0. The molecule has 1 heterocycles. The van der Waals surface area contributed by atoms with Gasteiger partial charge in [-0.05, 0) is 42.3 Å². The number of para-hydroxylation sites is 2. The van der Waals surface area contributed by atoms with Crippen molar-refractivity contribution in [3.63, 3.8) is 0 Å². The highest BCUT2D eigenvalue weighted by molar-refractivity contribution is 6.09. The lowest BCUT2D eigenvalue weighted by Crippen LogP contribution is -2.01. The fourth-order valence-electron chi connectivity index (χ4n) is 3.25. The van der Waals surface area contributed by atoms with Crippen molar-refractivity contribution < 1.29 is 0 Å². The van der Waals surface area contributed by atoms with Gasteiger partial charge in [-0.15, -0.1) is 0 Å². The van der Waals surface area contributed by atoms with Gasteiger partial charge in [0.05, 0.1) is 11.0 Å². The van der Waals surface area contributed by atoms with E-state index >= 15 is 0 Å². The highest BCUT2D eigenvalue weighted by atomic mass is 15.0. The smallest absolute Gasteiger partial charge is 0.0541 e. The molecule has 0 amide bonds. The molecule has 108 valence electrons. The highest BCUT2D eigenvalue weighted by Crippen LogP contribution is 2.32. The Hall–Kier alpha value is -2.58. The molecule has 0 spiro atoms. The maximum atomic E-state index is 5.79. The van der Waals surface area contributed by atoms with Gasteiger partial charge >= 0.3 is 0 Å². The monoisotopic (exact) mass is 286 g/mol. The van der Waals surface area contributed by atoms with E-state index < -0.39 is 0 Å². The van der Waals surface area contributed by atoms with Crippen LogP contribution in [-0.2, 0) is 6.54 Å². The Bertz CT molecular complexity index is 926. The number of benzene rings is 3. The van der Waals surface area contributed by atoms with Crippen molar-refractivity contribution in [2.24, 2.45) is 5.73 Å². The first-order valence-corrected chi connectivity index (χ1v) is 7.58. The van der Waals surface area contributed by atoms with Crippen molar-refractivity contribution >= 4 is 21.8 Å². The van der Waals surface area contributed by atoms with Crippen LogP contribution in [0.2, 0.25) is 0 Å². The molecular weight excluding hydrogens is 268 g/mol. The molecule has 22 heavy (non-hydrogen) atoms. The quantitative estimate of drug-likeness (QED) is 0.576. The van der Waals surface area contributed by atoms with Gasteiger partial charge in [0.15, 0.2) is 0 Å². The van der Waals surface area contributed by atoms with Crippen molar-refractivity contribution in [3.05, 3.63) is 77.9 Å². The summed E-state index contributed by atoms with van der Waals surface area (Å²) in [5, 5.41) is 2.58. The Morgan fingerprint density at radius 1 is 0.818 bits per heavy atom. The zero-order chi connectivity index (χ0) is 15.1. The Balaban J connectivity index is 2.10. The van der Waals surface area contributed by atoms with E-state index in [4.69, 9.17) is 5.73 Å². The van der Waals surface area contributed by atoms with Gasteiger partial charge in [0.25, 0.3) is 0 Å². The third-order valence-corrected chi connectivity index (χ3v) is 4.38. The maximum Gasteiger partial charge on any atom is 0.0541 e. The Labute approximate surface area is 129 Å². The molecule has 0 radical (unpaired) electrons. The molecule has 3 aromatic carbocycles. The minimum absolute atomic E-state index is 0.583. The fraction of sp³-hybridized carbons (Fsp3) is 0.100. The molecule has 0 bridgehead atoms. The van der Waals surface area contributed by atoms with Crippen LogP contribution in [0.3, 0.4) is 0 Å². The molecule has 0 saturated heterocycles. The van der Waals surface area contributed by atoms with Crippen LogP contribution < -0.4 is 5.73 Å². The van der Waals surface area contributed by atoms with E-state index in [9.17, 15) is 0 Å². The van der Waals surface area contributed by atoms with Gasteiger partial charge in [0.1, 0.15) is 0 Å². The average molecular weight is 286 g/mol. The van der Waals surface area contributed by atoms with Gasteiger partial charge in [0.2, 0.25) is 0 Å². The van der Waals surface area contributed by atoms with E-state index in [-0.39, 0.29) is 0 Å². The van der Waals surface area contributed by atoms with Crippen molar-refractivity contribution in [2.75, 3.05) is 0 Å². The minimum atomic E-state index is 0.583. The standard InChI is InChI=1S/C20H18N2/c1-14-12-16(11-10-15(14)13-21)22-19-8-4-2-6-17(19)18-7-3-5-9-20(18)22/h2-12H,13,21H2,1H3. The zero-order valence-corrected chi connectivity index (χ0v) is 12.6. The summed E-state index contributed by atoms with van der Waals surface area (Å²) < 4.78 is 2.33. The first-order chi connectivity index (χ1) is 10.8. The lowest BCUT2D eigenvalue weighted by atomic mass is 10.1. The fourth-order valence-corrected chi connectivity index (χ4v) is 3.25. The van der Waals surface area contributed by atoms with Crippen LogP contribution >= 0.6 is 0 Å². The van der Waals surface area contributed by atoms with Gasteiger partial charge in [-0.25, -0.2) is 0 Å². The van der Waals surface area contributed by atoms with Gasteiger partial charge in [-0.3, -0.25) is 0 Å². The van der Waals surface area contributed by atoms with Crippen LogP contribution in [-0.4, -0.2) is 4.57 Å². The second-order valence-electron chi connectivity index (χ2n) is 5.68. The van der Waals surface area contributed by atoms with E-state index in [0.29, 0.717) is 6.54 Å². The zero-order valence-electron chi connectivity index (χ0n) is 12.6. The number of fused-ring (bicyclic) bond motifs is 3. The Morgan fingerprint density at radius 3 is 1.95 bits per heavy atom. The summed E-state index contributed by atoms with van der Waals surface area (Å²) in [7, 11) is 0. The topological polar surface area (TPSA) is 30.9 Å². The van der Waals surface area contributed by atoms with Gasteiger partial charge < -0.3 is 10.3 Å². The van der Waals surface area contributed by atoms with E-state index in [0.717, 1.165) is 0 Å². The molecule has 2 nitrogen and oxygen atoms in total. The predicted molar refractivity (Wildman–Crippen MR) is 93.4 cm³/mol. The third-order valence-electron chi connectivity index (χ3n) is 4.38. The van der Waals surface area contributed by atoms with Crippen LogP contribution in [0.15, 0.2) is 66.7 Å². The van der Waals surface area contributed by atoms with Crippen molar-refractivity contribution in [3.8, 4) is 5.69 Å². The highest BCUT2D eigenvalue weighted by Gasteiger charge is 2.11. The molecule has 0 aliphatic heterocycles. The molecule has 4 aromatic rings. The number of rotatable bonds is 2. The minimum Gasteiger partial charge on any atom is -0.326 e. The second-order valence-corrected chi connectivity index (χ2v) is 5.68. The Morgan fingerprint density at radius 2 is 1.41 bits per heavy atom. The van der Waals surface area contributed by atoms with Crippen molar-refractivity contribution in [2.45, 2.75) is 13.5 Å². The molecule has 0 saturated carbocycles. The van der Waals surface area contributed by atoms with E-state index in [1.165, 1.54) is 38.6 Å². The maximum absolute atomic E-state index is 5.79. The number of hydrogen-bond donors (Lipinski definition) is 1. The number of nitrogens with two attached hydrogens (primary N) is 1. The molecule has 0 unspecified atom stereocenters. The average Bonchev–Trinajstić information content (AvgIpc) is 2.89. The van der Waals surface area contributed by atoms with Crippen LogP contribution in [0.25, 0.3) is 27.5 Å². The van der Waals surface area contributed by atoms with Crippen LogP contribution in [0.4, 0.5) is 0 Å². The van der Waals surface area contributed by atoms with E-state index in [2.05, 4.69) is 78.2 Å². The van der Waals surface area contributed by atoms with Crippen molar-refractivity contribution in [1.82, 2.24) is 4.57 Å². The largest absolute Gasteiger partial charge is 0.326 e. The molecule has 0 aliphatic rings. The Kier molecular flexibility index (Phi) is 2.98. The molecule has 2 heteroatoms. The predicted octanol–water partition coefficient (Wildman–Crippen LogP) is 4.55. The second kappa shape index (κ2) is 5.00. The molecule has 0 aliphatic carbocycles. The van der Waals surface area contributed by atoms with Gasteiger partial charge in [-0.1, -0.05) is 42.5 Å². The summed E-state index contributed by atoms with van der Waals surface area (Å²) in [5.41, 5.74) is 11.9. The molecule has 0 atom stereocenters. The molecule has 0 fully saturated rings. The first kappa shape index (κ1) is 13.1. The summed E-state index contributed by atoms with van der Waals surface area (Å²) in [6.45, 7) is 2.71. The molecule has 1 aromatic heterocycles. The normalized spacial score (nSPS) is 11.4. The number of aryl methyl sites for hydroxylation is 1. The summed E-state index contributed by atoms with van der Waals surface area (Å²) in [4.78, 5) is 0. The van der Waals surface area contributed by atoms with Crippen molar-refractivity contribution in [1.29, 1.82) is 0 Å². The van der Waals surface area contributed by atoms with E-state index in [1.54, 1.807) is 0 Å². The lowest BCUT2D eigenvalue weighted by Gasteiger charge is -2.11. The first-order valence-electron chi connectivity index (χ1n) is 7.58. The van der Waals surface area contributed by atoms with Crippen LogP contribution in [0.1, 0.15) is 11.1 Å². The summed E-state index contributed by atoms with van der Waals surface area (Å²) in [5.74, 6) is 0. The van der Waals surface area contributed by atoms with Crippen LogP contribution in [0.5, 0.6) is 0 Å². The molecular formula is C20H18N2. The lowest BCUT2D eigenvalue weighted by molar-refractivity contribution is 1.04. The molecule has 2 N–H and O–H groups in total. The third kappa shape index (κ3) is 1.85. The number of aromatic nitrogens is 1. The van der Waals surface area contributed by atoms with E-state index in [1.807, 2.05) is 0 Å².